The first-order chi connectivity index (χ1) is 16.6. The second-order valence-electron chi connectivity index (χ2n) is 8.78. The van der Waals surface area contributed by atoms with Gasteiger partial charge in [0, 0.05) is 18.5 Å². The molecule has 1 unspecified atom stereocenters. The Balaban J connectivity index is 1.47. The molecule has 9 nitrogen and oxygen atoms in total. The van der Waals surface area contributed by atoms with E-state index in [0.29, 0.717) is 29.2 Å². The zero-order chi connectivity index (χ0) is 25.2. The van der Waals surface area contributed by atoms with Crippen molar-refractivity contribution >= 4 is 35.2 Å². The lowest BCUT2D eigenvalue weighted by Gasteiger charge is -2.20. The highest BCUT2D eigenvalue weighted by molar-refractivity contribution is 6.32. The lowest BCUT2D eigenvalue weighted by Crippen LogP contribution is -2.49. The number of aromatic amines is 1. The molecule has 2 amide bonds. The number of anilines is 1. The number of halogens is 1. The summed E-state index contributed by atoms with van der Waals surface area (Å²) in [4.78, 5) is 31.5. The molecule has 0 fully saturated rings. The second kappa shape index (κ2) is 9.89. The van der Waals surface area contributed by atoms with Crippen LogP contribution >= 0.6 is 11.6 Å². The molecular formula is C25H26ClN5O4. The fraction of sp³-hybridized carbons (Fsp3) is 0.280. The molecule has 0 saturated carbocycles. The van der Waals surface area contributed by atoms with E-state index in [0.717, 1.165) is 5.56 Å². The van der Waals surface area contributed by atoms with Gasteiger partial charge in [-0.2, -0.15) is 0 Å². The fourth-order valence-electron chi connectivity index (χ4n) is 3.52. The van der Waals surface area contributed by atoms with Crippen molar-refractivity contribution in [3.8, 4) is 5.75 Å². The lowest BCUT2D eigenvalue weighted by molar-refractivity contribution is -0.120. The van der Waals surface area contributed by atoms with E-state index in [1.54, 1.807) is 45.2 Å². The van der Waals surface area contributed by atoms with E-state index >= 15 is 0 Å². The van der Waals surface area contributed by atoms with Gasteiger partial charge in [-0.1, -0.05) is 48.0 Å². The summed E-state index contributed by atoms with van der Waals surface area (Å²) in [5.41, 5.74) is 1.04. The van der Waals surface area contributed by atoms with E-state index in [9.17, 15) is 14.7 Å². The summed E-state index contributed by atoms with van der Waals surface area (Å²) in [6, 6.07) is 14.0. The molecule has 1 aromatic heterocycles. The molecule has 0 bridgehead atoms. The van der Waals surface area contributed by atoms with Crippen LogP contribution in [0.4, 0.5) is 5.69 Å². The molecule has 0 saturated heterocycles. The summed E-state index contributed by atoms with van der Waals surface area (Å²) < 4.78 is 5.82. The standard InChI is InChI=1S/C25H26ClN5O4/c1-25(2,34)20(26)12-16-9-10-19-18(11-16)31(3)24(33)17(14-35-19)27-23(32)22-28-21(29-30-22)13-15-7-5-4-6-8-15/h4-12,17,34H,13-14H2,1-3H3,(H,27,32)(H,28,29,30)/b20-12-. The molecule has 0 spiro atoms. The Morgan fingerprint density at radius 2 is 2.06 bits per heavy atom. The van der Waals surface area contributed by atoms with Gasteiger partial charge in [0.2, 0.25) is 5.82 Å². The predicted molar refractivity (Wildman–Crippen MR) is 132 cm³/mol. The molecule has 4 rings (SSSR count). The molecule has 1 atom stereocenters. The average molecular weight is 496 g/mol. The number of carbonyl (C=O) groups excluding carboxylic acids is 2. The fourth-order valence-corrected chi connectivity index (χ4v) is 3.65. The molecule has 0 radical (unpaired) electrons. The summed E-state index contributed by atoms with van der Waals surface area (Å²) in [5, 5.41) is 19.8. The van der Waals surface area contributed by atoms with Crippen LogP contribution in [0.15, 0.2) is 53.6 Å². The topological polar surface area (TPSA) is 120 Å². The van der Waals surface area contributed by atoms with Crippen LogP contribution in [0, 0.1) is 0 Å². The highest BCUT2D eigenvalue weighted by Crippen LogP contribution is 2.33. The minimum absolute atomic E-state index is 0.0528. The van der Waals surface area contributed by atoms with Crippen LogP contribution < -0.4 is 15.0 Å². The van der Waals surface area contributed by atoms with Crippen molar-refractivity contribution in [3.63, 3.8) is 0 Å². The van der Waals surface area contributed by atoms with E-state index in [1.165, 1.54) is 4.90 Å². The third-order valence-electron chi connectivity index (χ3n) is 5.51. The minimum Gasteiger partial charge on any atom is -0.489 e. The van der Waals surface area contributed by atoms with Crippen molar-refractivity contribution in [2.24, 2.45) is 0 Å². The Morgan fingerprint density at radius 3 is 2.77 bits per heavy atom. The second-order valence-corrected chi connectivity index (χ2v) is 9.19. The van der Waals surface area contributed by atoms with Gasteiger partial charge in [0.15, 0.2) is 0 Å². The van der Waals surface area contributed by atoms with Crippen molar-refractivity contribution in [3.05, 3.63) is 76.3 Å². The Labute approximate surface area is 207 Å². The van der Waals surface area contributed by atoms with Crippen LogP contribution in [0.3, 0.4) is 0 Å². The maximum absolute atomic E-state index is 13.1. The van der Waals surface area contributed by atoms with Crippen LogP contribution in [-0.2, 0) is 11.2 Å². The summed E-state index contributed by atoms with van der Waals surface area (Å²) in [6.45, 7) is 3.11. The van der Waals surface area contributed by atoms with Crippen molar-refractivity contribution < 1.29 is 19.4 Å². The molecule has 3 N–H and O–H groups in total. The number of hydrogen-bond acceptors (Lipinski definition) is 6. The molecular weight excluding hydrogens is 470 g/mol. The summed E-state index contributed by atoms with van der Waals surface area (Å²) in [6.07, 6.45) is 2.12. The molecule has 3 aromatic rings. The van der Waals surface area contributed by atoms with Crippen LogP contribution in [0.25, 0.3) is 6.08 Å². The van der Waals surface area contributed by atoms with E-state index < -0.39 is 17.6 Å². The Bertz CT molecular complexity index is 1270. The summed E-state index contributed by atoms with van der Waals surface area (Å²) in [7, 11) is 1.60. The van der Waals surface area contributed by atoms with Gasteiger partial charge in [0.05, 0.1) is 11.3 Å². The Morgan fingerprint density at radius 1 is 1.31 bits per heavy atom. The van der Waals surface area contributed by atoms with E-state index in [4.69, 9.17) is 16.3 Å². The predicted octanol–water partition coefficient (Wildman–Crippen LogP) is 2.90. The Hall–Kier alpha value is -3.69. The van der Waals surface area contributed by atoms with Gasteiger partial charge in [0.1, 0.15) is 24.2 Å². The minimum atomic E-state index is -1.19. The van der Waals surface area contributed by atoms with Gasteiger partial charge in [0.25, 0.3) is 11.8 Å². The van der Waals surface area contributed by atoms with Gasteiger partial charge in [-0.25, -0.2) is 4.98 Å². The number of amides is 2. The van der Waals surface area contributed by atoms with Crippen molar-refractivity contribution in [2.75, 3.05) is 18.6 Å². The van der Waals surface area contributed by atoms with Crippen LogP contribution in [-0.4, -0.2) is 57.4 Å². The third-order valence-corrected chi connectivity index (χ3v) is 6.08. The largest absolute Gasteiger partial charge is 0.489 e. The van der Waals surface area contributed by atoms with E-state index in [2.05, 4.69) is 20.5 Å². The summed E-state index contributed by atoms with van der Waals surface area (Å²) in [5.74, 6) is 0.0351. The molecule has 2 aromatic carbocycles. The maximum atomic E-state index is 13.1. The van der Waals surface area contributed by atoms with Crippen molar-refractivity contribution in [1.82, 2.24) is 20.5 Å². The van der Waals surface area contributed by atoms with Crippen LogP contribution in [0.5, 0.6) is 5.75 Å². The maximum Gasteiger partial charge on any atom is 0.291 e. The molecule has 2 heterocycles. The first-order valence-corrected chi connectivity index (χ1v) is 11.4. The van der Waals surface area contributed by atoms with E-state index in [-0.39, 0.29) is 23.4 Å². The molecule has 182 valence electrons. The van der Waals surface area contributed by atoms with Gasteiger partial charge >= 0.3 is 0 Å². The molecule has 1 aliphatic rings. The zero-order valence-electron chi connectivity index (χ0n) is 19.6. The molecule has 0 aliphatic carbocycles. The number of nitrogens with one attached hydrogen (secondary N) is 2. The molecule has 35 heavy (non-hydrogen) atoms. The quantitative estimate of drug-likeness (QED) is 0.483. The monoisotopic (exact) mass is 495 g/mol. The zero-order valence-corrected chi connectivity index (χ0v) is 20.3. The summed E-state index contributed by atoms with van der Waals surface area (Å²) >= 11 is 6.20. The number of fused-ring (bicyclic) bond motifs is 1. The first-order valence-electron chi connectivity index (χ1n) is 11.0. The van der Waals surface area contributed by atoms with Gasteiger partial charge in [-0.3, -0.25) is 14.7 Å². The highest BCUT2D eigenvalue weighted by Gasteiger charge is 2.32. The number of ether oxygens (including phenoxy) is 1. The molecule has 1 aliphatic heterocycles. The molecule has 10 heteroatoms. The number of nitrogens with zero attached hydrogens (tertiary/aromatic N) is 3. The lowest BCUT2D eigenvalue weighted by atomic mass is 10.1. The normalized spacial score (nSPS) is 16.4. The van der Waals surface area contributed by atoms with Gasteiger partial charge < -0.3 is 20.1 Å². The van der Waals surface area contributed by atoms with Crippen molar-refractivity contribution in [1.29, 1.82) is 0 Å². The third kappa shape index (κ3) is 5.70. The average Bonchev–Trinajstić information content (AvgIpc) is 3.25. The Kier molecular flexibility index (Phi) is 6.90. The van der Waals surface area contributed by atoms with Crippen molar-refractivity contribution in [2.45, 2.75) is 31.9 Å². The van der Waals surface area contributed by atoms with Gasteiger partial charge in [-0.05, 0) is 43.2 Å². The number of carbonyl (C=O) groups is 2. The smallest absolute Gasteiger partial charge is 0.291 e. The first kappa shape index (κ1) is 24.4. The number of H-pyrrole nitrogens is 1. The number of rotatable bonds is 6. The number of aliphatic hydroxyl groups is 1. The van der Waals surface area contributed by atoms with Gasteiger partial charge in [-0.15, -0.1) is 5.10 Å². The number of benzene rings is 2. The number of likely N-dealkylation sites (N-methyl/N-ethyl adjacent to an activating group) is 1. The highest BCUT2D eigenvalue weighted by atomic mass is 35.5. The van der Waals surface area contributed by atoms with Crippen LogP contribution in [0.1, 0.15) is 41.4 Å². The van der Waals surface area contributed by atoms with Crippen LogP contribution in [0.2, 0.25) is 0 Å². The van der Waals surface area contributed by atoms with E-state index in [1.807, 2.05) is 30.3 Å². The number of hydrogen-bond donors (Lipinski definition) is 3. The number of aromatic nitrogens is 3. The SMILES string of the molecule is CN1C(=O)C(NC(=O)c2n[nH]c(Cc3ccccc3)n2)COc2ccc(/C=C(\Cl)C(C)(C)O)cc21.